The van der Waals surface area contributed by atoms with Crippen molar-refractivity contribution in [1.29, 1.82) is 0 Å². The fourth-order valence-corrected chi connectivity index (χ4v) is 4.50. The summed E-state index contributed by atoms with van der Waals surface area (Å²) in [7, 11) is 1.92. The quantitative estimate of drug-likeness (QED) is 0.429. The number of ether oxygens (including phenoxy) is 1. The van der Waals surface area contributed by atoms with Crippen LogP contribution >= 0.6 is 0 Å². The molecule has 1 saturated heterocycles. The van der Waals surface area contributed by atoms with Crippen molar-refractivity contribution in [1.82, 2.24) is 29.3 Å². The van der Waals surface area contributed by atoms with Gasteiger partial charge in [0.2, 0.25) is 5.91 Å². The molecule has 0 saturated carbocycles. The molecule has 0 unspecified atom stereocenters. The van der Waals surface area contributed by atoms with Crippen molar-refractivity contribution in [3.63, 3.8) is 0 Å². The van der Waals surface area contributed by atoms with Crippen LogP contribution in [-0.4, -0.2) is 56.2 Å². The Balaban J connectivity index is 1.36. The van der Waals surface area contributed by atoms with Crippen molar-refractivity contribution in [3.05, 3.63) is 66.8 Å². The standard InChI is InChI=1S/C25H31F3N6O2/c1-32-10-8-30-23(32)16-34-14-19(17-36-22-5-2-4-21(13-22)25(26,27)28)12-20(15-34)24(35)31-6-3-9-33-11-7-29-18-33/h2,4-5,7-8,10-11,13,18-20H,3,6,9,12,14-17H2,1H3,(H,31,35)/t19-,20+/m0/s1. The number of piperidine rings is 1. The molecule has 0 radical (unpaired) electrons. The number of hydrogen-bond acceptors (Lipinski definition) is 5. The third kappa shape index (κ3) is 7.09. The zero-order valence-electron chi connectivity index (χ0n) is 20.2. The third-order valence-electron chi connectivity index (χ3n) is 6.37. The molecule has 36 heavy (non-hydrogen) atoms. The number of nitrogens with one attached hydrogen (secondary N) is 1. The summed E-state index contributed by atoms with van der Waals surface area (Å²) in [4.78, 5) is 23.6. The third-order valence-corrected chi connectivity index (χ3v) is 6.37. The number of rotatable bonds is 10. The van der Waals surface area contributed by atoms with Crippen LogP contribution < -0.4 is 10.1 Å². The molecule has 3 aromatic rings. The number of benzene rings is 1. The summed E-state index contributed by atoms with van der Waals surface area (Å²) in [6, 6.07) is 4.90. The van der Waals surface area contributed by atoms with Crippen molar-refractivity contribution in [2.24, 2.45) is 18.9 Å². The lowest BCUT2D eigenvalue weighted by atomic mass is 9.89. The zero-order chi connectivity index (χ0) is 25.5. The fourth-order valence-electron chi connectivity index (χ4n) is 4.50. The van der Waals surface area contributed by atoms with Crippen LogP contribution in [0, 0.1) is 11.8 Å². The number of hydrogen-bond donors (Lipinski definition) is 1. The van der Waals surface area contributed by atoms with Crippen LogP contribution in [0.5, 0.6) is 5.75 Å². The molecule has 8 nitrogen and oxygen atoms in total. The Kier molecular flexibility index (Phi) is 8.29. The topological polar surface area (TPSA) is 77.2 Å². The predicted molar refractivity (Wildman–Crippen MR) is 127 cm³/mol. The Morgan fingerprint density at radius 2 is 2.08 bits per heavy atom. The molecule has 11 heteroatoms. The maximum atomic E-state index is 13.1. The van der Waals surface area contributed by atoms with Gasteiger partial charge in [-0.05, 0) is 31.0 Å². The number of aryl methyl sites for hydroxylation is 2. The molecule has 2 aromatic heterocycles. The Morgan fingerprint density at radius 3 is 2.81 bits per heavy atom. The average molecular weight is 505 g/mol. The maximum Gasteiger partial charge on any atom is 0.416 e. The Labute approximate surface area is 208 Å². The zero-order valence-corrected chi connectivity index (χ0v) is 20.2. The van der Waals surface area contributed by atoms with Gasteiger partial charge in [-0.3, -0.25) is 9.69 Å². The number of aromatic nitrogens is 4. The van der Waals surface area contributed by atoms with Gasteiger partial charge in [-0.15, -0.1) is 0 Å². The van der Waals surface area contributed by atoms with Gasteiger partial charge >= 0.3 is 6.18 Å². The molecule has 3 heterocycles. The van der Waals surface area contributed by atoms with E-state index in [-0.39, 0.29) is 30.1 Å². The highest BCUT2D eigenvalue weighted by Gasteiger charge is 2.33. The highest BCUT2D eigenvalue weighted by atomic mass is 19.4. The number of halogens is 3. The average Bonchev–Trinajstić information content (AvgIpc) is 3.52. The number of alkyl halides is 3. The van der Waals surface area contributed by atoms with Gasteiger partial charge in [0, 0.05) is 63.9 Å². The van der Waals surface area contributed by atoms with Gasteiger partial charge in [0.05, 0.1) is 31.0 Å². The van der Waals surface area contributed by atoms with E-state index in [9.17, 15) is 18.0 Å². The first-order valence-corrected chi connectivity index (χ1v) is 12.0. The normalized spacial score (nSPS) is 18.8. The second-order valence-corrected chi connectivity index (χ2v) is 9.23. The number of nitrogens with zero attached hydrogens (tertiary/aromatic N) is 5. The number of carbonyl (C=O) groups is 1. The number of likely N-dealkylation sites (tertiary alicyclic amines) is 1. The molecule has 1 amide bonds. The van der Waals surface area contributed by atoms with Gasteiger partial charge in [0.15, 0.2) is 0 Å². The molecule has 2 atom stereocenters. The van der Waals surface area contributed by atoms with E-state index in [1.165, 1.54) is 12.1 Å². The van der Waals surface area contributed by atoms with Gasteiger partial charge in [-0.1, -0.05) is 6.07 Å². The van der Waals surface area contributed by atoms with Gasteiger partial charge in [-0.2, -0.15) is 13.2 Å². The molecule has 1 aliphatic heterocycles. The summed E-state index contributed by atoms with van der Waals surface area (Å²) in [5.41, 5.74) is -0.743. The predicted octanol–water partition coefficient (Wildman–Crippen LogP) is 3.36. The summed E-state index contributed by atoms with van der Waals surface area (Å²) in [6.45, 7) is 3.37. The molecule has 0 aliphatic carbocycles. The minimum atomic E-state index is -4.43. The monoisotopic (exact) mass is 504 g/mol. The van der Waals surface area contributed by atoms with Crippen molar-refractivity contribution in [2.75, 3.05) is 26.2 Å². The van der Waals surface area contributed by atoms with Crippen LogP contribution in [0.4, 0.5) is 13.2 Å². The summed E-state index contributed by atoms with van der Waals surface area (Å²) < 4.78 is 48.8. The van der Waals surface area contributed by atoms with Crippen LogP contribution in [0.2, 0.25) is 0 Å². The van der Waals surface area contributed by atoms with Gasteiger partial charge < -0.3 is 19.2 Å². The van der Waals surface area contributed by atoms with Crippen molar-refractivity contribution >= 4 is 5.91 Å². The second kappa shape index (κ2) is 11.6. The molecule has 4 rings (SSSR count). The maximum absolute atomic E-state index is 13.1. The lowest BCUT2D eigenvalue weighted by molar-refractivity contribution is -0.137. The van der Waals surface area contributed by atoms with Crippen LogP contribution in [0.1, 0.15) is 24.2 Å². The van der Waals surface area contributed by atoms with E-state index in [2.05, 4.69) is 20.2 Å². The van der Waals surface area contributed by atoms with E-state index in [4.69, 9.17) is 4.74 Å². The summed E-state index contributed by atoms with van der Waals surface area (Å²) >= 11 is 0. The number of carbonyl (C=O) groups excluding carboxylic acids is 1. The molecule has 1 aromatic carbocycles. The van der Waals surface area contributed by atoms with Crippen LogP contribution in [0.25, 0.3) is 0 Å². The molecular formula is C25H31F3N6O2. The lowest BCUT2D eigenvalue weighted by Crippen LogP contribution is -2.47. The Morgan fingerprint density at radius 1 is 1.22 bits per heavy atom. The summed E-state index contributed by atoms with van der Waals surface area (Å²) in [6.07, 6.45) is 5.91. The first kappa shape index (κ1) is 25.7. The van der Waals surface area contributed by atoms with E-state index in [0.717, 1.165) is 30.9 Å². The van der Waals surface area contributed by atoms with Gasteiger partial charge in [0.1, 0.15) is 11.6 Å². The molecule has 1 fully saturated rings. The second-order valence-electron chi connectivity index (χ2n) is 9.23. The molecular weight excluding hydrogens is 473 g/mol. The minimum Gasteiger partial charge on any atom is -0.493 e. The van der Waals surface area contributed by atoms with Crippen molar-refractivity contribution in [2.45, 2.75) is 32.1 Å². The molecule has 0 bridgehead atoms. The number of imidazole rings is 2. The minimum absolute atomic E-state index is 0.0183. The van der Waals surface area contributed by atoms with E-state index < -0.39 is 11.7 Å². The first-order valence-electron chi connectivity index (χ1n) is 12.0. The van der Waals surface area contributed by atoms with Gasteiger partial charge in [0.25, 0.3) is 0 Å². The first-order chi connectivity index (χ1) is 17.3. The SMILES string of the molecule is Cn1ccnc1CN1C[C@@H](COc2cccc(C(F)(F)F)c2)C[C@@H](C(=O)NCCCn2ccnc2)C1. The fraction of sp³-hybridized carbons (Fsp3) is 0.480. The highest BCUT2D eigenvalue weighted by molar-refractivity contribution is 5.79. The molecule has 1 aliphatic rings. The Hall–Kier alpha value is -3.34. The van der Waals surface area contributed by atoms with E-state index >= 15 is 0 Å². The van der Waals surface area contributed by atoms with Crippen molar-refractivity contribution in [3.8, 4) is 5.75 Å². The van der Waals surface area contributed by atoms with Crippen LogP contribution in [0.3, 0.4) is 0 Å². The lowest BCUT2D eigenvalue weighted by Gasteiger charge is -2.37. The van der Waals surface area contributed by atoms with E-state index in [1.54, 1.807) is 18.7 Å². The van der Waals surface area contributed by atoms with E-state index in [1.807, 2.05) is 28.6 Å². The highest BCUT2D eigenvalue weighted by Crippen LogP contribution is 2.32. The molecule has 0 spiro atoms. The van der Waals surface area contributed by atoms with Crippen LogP contribution in [0.15, 0.2) is 55.4 Å². The smallest absolute Gasteiger partial charge is 0.416 e. The molecule has 194 valence electrons. The Bertz CT molecular complexity index is 1120. The summed E-state index contributed by atoms with van der Waals surface area (Å²) in [5, 5.41) is 3.04. The summed E-state index contributed by atoms with van der Waals surface area (Å²) in [5.74, 6) is 0.771. The number of amides is 1. The van der Waals surface area contributed by atoms with Crippen LogP contribution in [-0.2, 0) is 31.1 Å². The van der Waals surface area contributed by atoms with E-state index in [0.29, 0.717) is 32.6 Å². The molecule has 1 N–H and O–H groups in total. The largest absolute Gasteiger partial charge is 0.493 e. The van der Waals surface area contributed by atoms with Crippen molar-refractivity contribution < 1.29 is 22.7 Å². The van der Waals surface area contributed by atoms with Gasteiger partial charge in [-0.25, -0.2) is 9.97 Å².